The molecule has 0 aliphatic carbocycles. The number of carbonyl (C=O) groups excluding carboxylic acids is 1. The molecule has 0 saturated carbocycles. The first-order valence-corrected chi connectivity index (χ1v) is 12.2. The Morgan fingerprint density at radius 3 is 2.35 bits per heavy atom. The zero-order valence-electron chi connectivity index (χ0n) is 19.9. The first kappa shape index (κ1) is 24.6. The molecule has 3 N–H and O–H groups in total. The normalized spacial score (nSPS) is 26.7. The third-order valence-corrected chi connectivity index (χ3v) is 6.63. The van der Waals surface area contributed by atoms with Crippen molar-refractivity contribution in [1.82, 2.24) is 10.6 Å². The highest BCUT2D eigenvalue weighted by molar-refractivity contribution is 5.74. The summed E-state index contributed by atoms with van der Waals surface area (Å²) in [6.45, 7) is 3.86. The number of ether oxygens (including phenoxy) is 2. The topological polar surface area (TPSA) is 79.8 Å². The number of aliphatic hydroxyl groups is 1. The van der Waals surface area contributed by atoms with Crippen molar-refractivity contribution in [3.63, 3.8) is 0 Å². The summed E-state index contributed by atoms with van der Waals surface area (Å²) in [6, 6.07) is 14.5. The molecule has 7 heteroatoms. The van der Waals surface area contributed by atoms with E-state index in [0.29, 0.717) is 6.42 Å². The molecular weight excluding hydrogens is 435 g/mol. The quantitative estimate of drug-likeness (QED) is 0.567. The van der Waals surface area contributed by atoms with Crippen LogP contribution in [0.25, 0.3) is 11.1 Å². The van der Waals surface area contributed by atoms with Gasteiger partial charge in [-0.1, -0.05) is 36.4 Å². The standard InChI is InChI=1S/C27H35FN2O4/c1-17(2)29-27(32)30-23-15-26-25(14-12-22(16-31)33-26)34-24(23)13-5-18-3-6-19(7-4-18)20-8-10-21(28)11-9-20/h3-4,6-11,17,22-26,31H,5,12-16H2,1-2H3,(H2,29,30,32)/t22-,23-,24+,25-,26-/m0/s1. The maximum Gasteiger partial charge on any atom is 0.315 e. The van der Waals surface area contributed by atoms with E-state index in [2.05, 4.69) is 34.9 Å². The molecule has 0 unspecified atom stereocenters. The molecule has 34 heavy (non-hydrogen) atoms. The fourth-order valence-electron chi connectivity index (χ4n) is 4.87. The molecule has 2 aliphatic heterocycles. The molecule has 2 amide bonds. The Morgan fingerprint density at radius 2 is 1.71 bits per heavy atom. The van der Waals surface area contributed by atoms with Crippen molar-refractivity contribution >= 4 is 6.03 Å². The predicted molar refractivity (Wildman–Crippen MR) is 129 cm³/mol. The average Bonchev–Trinajstić information content (AvgIpc) is 2.82. The Labute approximate surface area is 200 Å². The van der Waals surface area contributed by atoms with Crippen LogP contribution in [0.15, 0.2) is 48.5 Å². The highest BCUT2D eigenvalue weighted by atomic mass is 19.1. The van der Waals surface area contributed by atoms with E-state index in [1.165, 1.54) is 17.7 Å². The van der Waals surface area contributed by atoms with Crippen LogP contribution >= 0.6 is 0 Å². The van der Waals surface area contributed by atoms with E-state index < -0.39 is 0 Å². The lowest BCUT2D eigenvalue weighted by atomic mass is 9.88. The predicted octanol–water partition coefficient (Wildman–Crippen LogP) is 4.20. The zero-order chi connectivity index (χ0) is 24.1. The molecule has 6 nitrogen and oxygen atoms in total. The minimum atomic E-state index is -0.240. The third kappa shape index (κ3) is 6.34. The number of nitrogens with one attached hydrogen (secondary N) is 2. The first-order valence-electron chi connectivity index (χ1n) is 12.2. The van der Waals surface area contributed by atoms with Crippen LogP contribution in [-0.4, -0.2) is 54.2 Å². The van der Waals surface area contributed by atoms with Crippen molar-refractivity contribution in [2.45, 2.75) is 82.5 Å². The van der Waals surface area contributed by atoms with Gasteiger partial charge in [0.2, 0.25) is 0 Å². The smallest absolute Gasteiger partial charge is 0.315 e. The molecule has 184 valence electrons. The summed E-state index contributed by atoms with van der Waals surface area (Å²) in [5.74, 6) is -0.240. The molecule has 0 spiro atoms. The van der Waals surface area contributed by atoms with Gasteiger partial charge in [0.05, 0.1) is 37.1 Å². The fraction of sp³-hybridized carbons (Fsp3) is 0.519. The Balaban J connectivity index is 1.40. The number of hydrogen-bond donors (Lipinski definition) is 3. The Kier molecular flexibility index (Phi) is 8.19. The Bertz CT molecular complexity index is 935. The van der Waals surface area contributed by atoms with Crippen LogP contribution in [0.1, 0.15) is 45.1 Å². The second kappa shape index (κ2) is 11.3. The maximum absolute atomic E-state index is 13.2. The van der Waals surface area contributed by atoms with E-state index in [0.717, 1.165) is 36.8 Å². The molecule has 5 atom stereocenters. The maximum atomic E-state index is 13.2. The van der Waals surface area contributed by atoms with Crippen LogP contribution in [0, 0.1) is 5.82 Å². The second-order valence-corrected chi connectivity index (χ2v) is 9.63. The lowest BCUT2D eigenvalue weighted by Crippen LogP contribution is -2.59. The number of aryl methyl sites for hydroxylation is 1. The SMILES string of the molecule is CC(C)NC(=O)N[C@H]1C[C@@H]2O[C@H](CO)CC[C@@H]2O[C@@H]1CCc1ccc(-c2ccc(F)cc2)cc1. The Morgan fingerprint density at radius 1 is 1.03 bits per heavy atom. The van der Waals surface area contributed by atoms with E-state index in [1.807, 2.05) is 13.8 Å². The van der Waals surface area contributed by atoms with Crippen LogP contribution in [-0.2, 0) is 15.9 Å². The highest BCUT2D eigenvalue weighted by Gasteiger charge is 2.42. The van der Waals surface area contributed by atoms with Gasteiger partial charge in [-0.3, -0.25) is 0 Å². The van der Waals surface area contributed by atoms with Gasteiger partial charge in [0.1, 0.15) is 5.82 Å². The molecule has 2 aliphatic rings. The van der Waals surface area contributed by atoms with Crippen LogP contribution in [0.4, 0.5) is 9.18 Å². The molecule has 4 rings (SSSR count). The van der Waals surface area contributed by atoms with Crippen LogP contribution < -0.4 is 10.6 Å². The zero-order valence-corrected chi connectivity index (χ0v) is 19.9. The fourth-order valence-corrected chi connectivity index (χ4v) is 4.87. The molecule has 2 aromatic carbocycles. The van der Waals surface area contributed by atoms with Gasteiger partial charge in [0.15, 0.2) is 0 Å². The van der Waals surface area contributed by atoms with Gasteiger partial charge >= 0.3 is 6.03 Å². The largest absolute Gasteiger partial charge is 0.394 e. The summed E-state index contributed by atoms with van der Waals surface area (Å²) >= 11 is 0. The second-order valence-electron chi connectivity index (χ2n) is 9.63. The lowest BCUT2D eigenvalue weighted by molar-refractivity contribution is -0.201. The molecular formula is C27H35FN2O4. The average molecular weight is 471 g/mol. The number of urea groups is 1. The highest BCUT2D eigenvalue weighted by Crippen LogP contribution is 2.33. The van der Waals surface area contributed by atoms with E-state index in [1.54, 1.807) is 12.1 Å². The van der Waals surface area contributed by atoms with Crippen molar-refractivity contribution in [2.24, 2.45) is 0 Å². The number of rotatable bonds is 7. The van der Waals surface area contributed by atoms with Crippen molar-refractivity contribution in [1.29, 1.82) is 0 Å². The van der Waals surface area contributed by atoms with E-state index in [9.17, 15) is 14.3 Å². The molecule has 0 radical (unpaired) electrons. The van der Waals surface area contributed by atoms with Gasteiger partial charge in [0.25, 0.3) is 0 Å². The number of hydrogen-bond acceptors (Lipinski definition) is 4. The van der Waals surface area contributed by atoms with Crippen LogP contribution in [0.3, 0.4) is 0 Å². The van der Waals surface area contributed by atoms with Gasteiger partial charge < -0.3 is 25.2 Å². The molecule has 0 aromatic heterocycles. The number of fused-ring (bicyclic) bond motifs is 1. The van der Waals surface area contributed by atoms with Gasteiger partial charge in [-0.25, -0.2) is 9.18 Å². The number of benzene rings is 2. The molecule has 2 aromatic rings. The van der Waals surface area contributed by atoms with Gasteiger partial charge in [0, 0.05) is 6.04 Å². The molecule has 2 fully saturated rings. The van der Waals surface area contributed by atoms with Crippen LogP contribution in [0.2, 0.25) is 0 Å². The van der Waals surface area contributed by atoms with Crippen LogP contribution in [0.5, 0.6) is 0 Å². The summed E-state index contributed by atoms with van der Waals surface area (Å²) < 4.78 is 25.7. The summed E-state index contributed by atoms with van der Waals surface area (Å²) in [4.78, 5) is 12.4. The van der Waals surface area contributed by atoms with Crippen molar-refractivity contribution in [2.75, 3.05) is 6.61 Å². The number of aliphatic hydroxyl groups excluding tert-OH is 1. The minimum Gasteiger partial charge on any atom is -0.394 e. The first-order chi connectivity index (χ1) is 16.4. The molecule has 0 bridgehead atoms. The lowest BCUT2D eigenvalue weighted by Gasteiger charge is -2.45. The monoisotopic (exact) mass is 470 g/mol. The van der Waals surface area contributed by atoms with Gasteiger partial charge in [-0.2, -0.15) is 0 Å². The molecule has 2 saturated heterocycles. The third-order valence-electron chi connectivity index (χ3n) is 6.63. The summed E-state index contributed by atoms with van der Waals surface area (Å²) in [5, 5.41) is 15.5. The number of halogens is 1. The van der Waals surface area contributed by atoms with Gasteiger partial charge in [-0.05, 0) is 74.8 Å². The number of amides is 2. The van der Waals surface area contributed by atoms with E-state index in [4.69, 9.17) is 9.47 Å². The minimum absolute atomic E-state index is 0.00644. The number of carbonyl (C=O) groups is 1. The Hall–Kier alpha value is -2.48. The van der Waals surface area contributed by atoms with Crippen molar-refractivity contribution in [3.8, 4) is 11.1 Å². The van der Waals surface area contributed by atoms with E-state index in [-0.39, 0.29) is 55.0 Å². The summed E-state index contributed by atoms with van der Waals surface area (Å²) in [7, 11) is 0. The van der Waals surface area contributed by atoms with Gasteiger partial charge in [-0.15, -0.1) is 0 Å². The summed E-state index contributed by atoms with van der Waals surface area (Å²) in [6.07, 6.45) is 3.47. The molecule has 2 heterocycles. The van der Waals surface area contributed by atoms with Crippen molar-refractivity contribution < 1.29 is 23.8 Å². The summed E-state index contributed by atoms with van der Waals surface area (Å²) in [5.41, 5.74) is 3.21. The van der Waals surface area contributed by atoms with E-state index >= 15 is 0 Å². The van der Waals surface area contributed by atoms with Crippen molar-refractivity contribution in [3.05, 3.63) is 59.9 Å².